The summed E-state index contributed by atoms with van der Waals surface area (Å²) in [5, 5.41) is 6.88. The average molecular weight is 388 g/mol. The number of aromatic nitrogens is 1. The second kappa shape index (κ2) is 10.2. The number of halogens is 1. The molecule has 0 spiro atoms. The fraction of sp³-hybridized carbons (Fsp3) is 0.524. The van der Waals surface area contributed by atoms with Gasteiger partial charge in [0.1, 0.15) is 12.1 Å². The quantitative estimate of drug-likeness (QED) is 0.565. The third-order valence-electron chi connectivity index (χ3n) is 5.01. The predicted molar refractivity (Wildman–Crippen MR) is 110 cm³/mol. The number of hydrogen-bond donors (Lipinski definition) is 2. The first-order chi connectivity index (χ1) is 13.7. The molecule has 7 heteroatoms. The Morgan fingerprint density at radius 1 is 1.29 bits per heavy atom. The van der Waals surface area contributed by atoms with Crippen LogP contribution in [-0.4, -0.2) is 55.1 Å². The van der Waals surface area contributed by atoms with Gasteiger partial charge in [-0.05, 0) is 50.1 Å². The number of oxazole rings is 1. The van der Waals surface area contributed by atoms with E-state index in [4.69, 9.17) is 4.42 Å². The number of rotatable bonds is 7. The van der Waals surface area contributed by atoms with Gasteiger partial charge in [-0.15, -0.1) is 0 Å². The Morgan fingerprint density at radius 2 is 2.04 bits per heavy atom. The fourth-order valence-electron chi connectivity index (χ4n) is 3.46. The van der Waals surface area contributed by atoms with Crippen molar-refractivity contribution >= 4 is 5.96 Å². The Labute approximate surface area is 166 Å². The van der Waals surface area contributed by atoms with E-state index < -0.39 is 0 Å². The molecule has 3 rings (SSSR count). The van der Waals surface area contributed by atoms with Gasteiger partial charge in [0.2, 0.25) is 5.89 Å². The van der Waals surface area contributed by atoms with Crippen LogP contribution >= 0.6 is 0 Å². The summed E-state index contributed by atoms with van der Waals surface area (Å²) in [6.07, 6.45) is 5.88. The molecule has 1 aromatic heterocycles. The SMILES string of the molecule is CCCN1CCC(NC(=NC)NCCc2coc(-c3ccc(F)cc3)n2)CC1. The molecule has 0 saturated carbocycles. The van der Waals surface area contributed by atoms with E-state index in [1.165, 1.54) is 25.1 Å². The number of nitrogens with zero attached hydrogens (tertiary/aromatic N) is 3. The molecule has 2 heterocycles. The summed E-state index contributed by atoms with van der Waals surface area (Å²) in [5.74, 6) is 1.07. The highest BCUT2D eigenvalue weighted by molar-refractivity contribution is 5.79. The highest BCUT2D eigenvalue weighted by Crippen LogP contribution is 2.19. The summed E-state index contributed by atoms with van der Waals surface area (Å²) >= 11 is 0. The van der Waals surface area contributed by atoms with Gasteiger partial charge in [0.25, 0.3) is 0 Å². The van der Waals surface area contributed by atoms with E-state index in [0.717, 1.165) is 49.6 Å². The second-order valence-electron chi connectivity index (χ2n) is 7.16. The third kappa shape index (κ3) is 5.79. The van der Waals surface area contributed by atoms with Crippen LogP contribution in [0.1, 0.15) is 31.9 Å². The largest absolute Gasteiger partial charge is 0.444 e. The van der Waals surface area contributed by atoms with Crippen molar-refractivity contribution in [2.24, 2.45) is 4.99 Å². The highest BCUT2D eigenvalue weighted by Gasteiger charge is 2.19. The summed E-state index contributed by atoms with van der Waals surface area (Å²) in [6.45, 7) is 6.43. The molecule has 28 heavy (non-hydrogen) atoms. The van der Waals surface area contributed by atoms with E-state index in [9.17, 15) is 4.39 Å². The zero-order chi connectivity index (χ0) is 19.8. The highest BCUT2D eigenvalue weighted by atomic mass is 19.1. The topological polar surface area (TPSA) is 65.7 Å². The molecule has 0 aliphatic carbocycles. The zero-order valence-electron chi connectivity index (χ0n) is 16.7. The van der Waals surface area contributed by atoms with Crippen LogP contribution in [0.3, 0.4) is 0 Å². The van der Waals surface area contributed by atoms with Crippen molar-refractivity contribution in [1.29, 1.82) is 0 Å². The van der Waals surface area contributed by atoms with Gasteiger partial charge in [-0.3, -0.25) is 4.99 Å². The monoisotopic (exact) mass is 387 g/mol. The molecule has 6 nitrogen and oxygen atoms in total. The van der Waals surface area contributed by atoms with Gasteiger partial charge in [0.15, 0.2) is 5.96 Å². The number of likely N-dealkylation sites (tertiary alicyclic amines) is 1. The van der Waals surface area contributed by atoms with Gasteiger partial charge < -0.3 is 20.0 Å². The lowest BCUT2D eigenvalue weighted by Gasteiger charge is -2.32. The Balaban J connectivity index is 1.42. The molecular weight excluding hydrogens is 357 g/mol. The van der Waals surface area contributed by atoms with Crippen LogP contribution in [-0.2, 0) is 6.42 Å². The maximum atomic E-state index is 13.0. The molecule has 0 unspecified atom stereocenters. The van der Waals surface area contributed by atoms with Crippen molar-refractivity contribution in [2.75, 3.05) is 33.2 Å². The molecule has 1 aliphatic rings. The second-order valence-corrected chi connectivity index (χ2v) is 7.16. The van der Waals surface area contributed by atoms with Gasteiger partial charge in [-0.25, -0.2) is 9.37 Å². The van der Waals surface area contributed by atoms with E-state index in [2.05, 4.69) is 32.4 Å². The predicted octanol–water partition coefficient (Wildman–Crippen LogP) is 3.06. The molecule has 0 atom stereocenters. The Kier molecular flexibility index (Phi) is 7.42. The fourth-order valence-corrected chi connectivity index (χ4v) is 3.46. The Bertz CT molecular complexity index is 750. The van der Waals surface area contributed by atoms with Crippen LogP contribution < -0.4 is 10.6 Å². The van der Waals surface area contributed by atoms with Crippen LogP contribution in [0.15, 0.2) is 39.9 Å². The standard InChI is InChI=1S/C21H30FN5O/c1-3-12-27-13-9-18(10-14-27)26-21(23-2)24-11-8-19-15-28-20(25-19)16-4-6-17(22)7-5-16/h4-7,15,18H,3,8-14H2,1-2H3,(H2,23,24,26). The molecule has 1 fully saturated rings. The van der Waals surface area contributed by atoms with E-state index in [-0.39, 0.29) is 5.82 Å². The molecule has 0 radical (unpaired) electrons. The molecule has 1 saturated heterocycles. The van der Waals surface area contributed by atoms with E-state index in [1.54, 1.807) is 25.4 Å². The summed E-state index contributed by atoms with van der Waals surface area (Å²) in [7, 11) is 1.80. The summed E-state index contributed by atoms with van der Waals surface area (Å²) in [4.78, 5) is 11.3. The van der Waals surface area contributed by atoms with Gasteiger partial charge in [-0.2, -0.15) is 0 Å². The van der Waals surface area contributed by atoms with Crippen LogP contribution in [0.5, 0.6) is 0 Å². The summed E-state index contributed by atoms with van der Waals surface area (Å²) < 4.78 is 18.5. The lowest BCUT2D eigenvalue weighted by molar-refractivity contribution is 0.206. The van der Waals surface area contributed by atoms with Crippen molar-refractivity contribution in [3.05, 3.63) is 42.0 Å². The zero-order valence-corrected chi connectivity index (χ0v) is 16.7. The van der Waals surface area contributed by atoms with Crippen LogP contribution in [0.25, 0.3) is 11.5 Å². The van der Waals surface area contributed by atoms with Crippen molar-refractivity contribution in [3.8, 4) is 11.5 Å². The molecule has 1 aromatic carbocycles. The van der Waals surface area contributed by atoms with Gasteiger partial charge >= 0.3 is 0 Å². The molecule has 2 aromatic rings. The minimum absolute atomic E-state index is 0.269. The first-order valence-corrected chi connectivity index (χ1v) is 10.1. The maximum Gasteiger partial charge on any atom is 0.226 e. The Hall–Kier alpha value is -2.41. The number of benzene rings is 1. The van der Waals surface area contributed by atoms with Crippen molar-refractivity contribution in [2.45, 2.75) is 38.6 Å². The smallest absolute Gasteiger partial charge is 0.226 e. The van der Waals surface area contributed by atoms with Gasteiger partial charge in [0, 0.05) is 44.7 Å². The van der Waals surface area contributed by atoms with Crippen molar-refractivity contribution in [1.82, 2.24) is 20.5 Å². The lowest BCUT2D eigenvalue weighted by atomic mass is 10.1. The number of nitrogens with one attached hydrogen (secondary N) is 2. The minimum Gasteiger partial charge on any atom is -0.444 e. The molecule has 152 valence electrons. The van der Waals surface area contributed by atoms with Crippen LogP contribution in [0.2, 0.25) is 0 Å². The van der Waals surface area contributed by atoms with E-state index in [1.807, 2.05) is 0 Å². The number of hydrogen-bond acceptors (Lipinski definition) is 4. The normalized spacial score (nSPS) is 16.3. The van der Waals surface area contributed by atoms with Crippen LogP contribution in [0.4, 0.5) is 4.39 Å². The number of aliphatic imine (C=N–C) groups is 1. The summed E-state index contributed by atoms with van der Waals surface area (Å²) in [5.41, 5.74) is 1.63. The van der Waals surface area contributed by atoms with E-state index >= 15 is 0 Å². The number of piperidine rings is 1. The maximum absolute atomic E-state index is 13.0. The molecule has 0 amide bonds. The summed E-state index contributed by atoms with van der Waals surface area (Å²) in [6, 6.07) is 6.62. The molecule has 1 aliphatic heterocycles. The number of guanidine groups is 1. The minimum atomic E-state index is -0.269. The van der Waals surface area contributed by atoms with Gasteiger partial charge in [-0.1, -0.05) is 6.92 Å². The third-order valence-corrected chi connectivity index (χ3v) is 5.01. The molecule has 2 N–H and O–H groups in total. The molecule has 0 bridgehead atoms. The lowest BCUT2D eigenvalue weighted by Crippen LogP contribution is -2.49. The Morgan fingerprint density at radius 3 is 2.71 bits per heavy atom. The van der Waals surface area contributed by atoms with Gasteiger partial charge in [0.05, 0.1) is 5.69 Å². The first kappa shape index (κ1) is 20.3. The van der Waals surface area contributed by atoms with E-state index in [0.29, 0.717) is 18.5 Å². The van der Waals surface area contributed by atoms with Crippen LogP contribution in [0, 0.1) is 5.82 Å². The first-order valence-electron chi connectivity index (χ1n) is 10.1. The average Bonchev–Trinajstić information content (AvgIpc) is 3.18. The van der Waals surface area contributed by atoms with Crippen molar-refractivity contribution < 1.29 is 8.81 Å². The molecular formula is C21H30FN5O. The van der Waals surface area contributed by atoms with Crippen molar-refractivity contribution in [3.63, 3.8) is 0 Å².